The molecular formula is C25H33F3N4O3. The number of rotatable bonds is 7. The number of aromatic nitrogens is 1. The number of alkyl halides is 3. The Hall–Kier alpha value is -3.30. The molecule has 0 aliphatic carbocycles. The van der Waals surface area contributed by atoms with Crippen LogP contribution in [-0.2, 0) is 9.59 Å². The molecule has 2 N–H and O–H groups in total. The van der Waals surface area contributed by atoms with Gasteiger partial charge >= 0.3 is 12.1 Å². The van der Waals surface area contributed by atoms with Crippen LogP contribution in [-0.4, -0.2) is 47.8 Å². The Labute approximate surface area is 204 Å². The number of carboxylic acids is 1. The van der Waals surface area contributed by atoms with E-state index in [4.69, 9.17) is 14.9 Å². The van der Waals surface area contributed by atoms with Crippen LogP contribution in [0, 0.1) is 6.92 Å². The minimum absolute atomic E-state index is 0.00103. The van der Waals surface area contributed by atoms with Crippen molar-refractivity contribution in [3.63, 3.8) is 0 Å². The van der Waals surface area contributed by atoms with E-state index in [1.54, 1.807) is 0 Å². The number of carbonyl (C=O) groups excluding carboxylic acids is 1. The Balaban J connectivity index is 0.000000540. The number of carbonyl (C=O) groups is 2. The van der Waals surface area contributed by atoms with E-state index in [0.29, 0.717) is 5.92 Å². The molecule has 2 aromatic rings. The Bertz CT molecular complexity index is 1020. The Morgan fingerprint density at radius 2 is 1.83 bits per heavy atom. The van der Waals surface area contributed by atoms with Crippen molar-refractivity contribution < 1.29 is 27.9 Å². The summed E-state index contributed by atoms with van der Waals surface area (Å²) in [5.41, 5.74) is 5.15. The lowest BCUT2D eigenvalue weighted by molar-refractivity contribution is -0.192. The average molecular weight is 495 g/mol. The number of aliphatic carboxylic acids is 1. The minimum atomic E-state index is -5.08. The lowest BCUT2D eigenvalue weighted by Crippen LogP contribution is -2.37. The van der Waals surface area contributed by atoms with Gasteiger partial charge in [-0.05, 0) is 49.9 Å². The number of carboxylic acid groups (broad SMARTS) is 1. The fourth-order valence-corrected chi connectivity index (χ4v) is 3.65. The van der Waals surface area contributed by atoms with Gasteiger partial charge < -0.3 is 20.2 Å². The lowest BCUT2D eigenvalue weighted by atomic mass is 10.0. The number of halogens is 3. The van der Waals surface area contributed by atoms with E-state index in [1.165, 1.54) is 5.56 Å². The third-order valence-corrected chi connectivity index (χ3v) is 5.55. The predicted octanol–water partition coefficient (Wildman–Crippen LogP) is 5.86. The normalized spacial score (nSPS) is 13.1. The quantitative estimate of drug-likeness (QED) is 0.501. The van der Waals surface area contributed by atoms with Crippen molar-refractivity contribution in [3.8, 4) is 0 Å². The summed E-state index contributed by atoms with van der Waals surface area (Å²) >= 11 is 0. The molecule has 0 saturated heterocycles. The van der Waals surface area contributed by atoms with Gasteiger partial charge in [0.05, 0.1) is 5.69 Å². The van der Waals surface area contributed by atoms with E-state index in [-0.39, 0.29) is 12.5 Å². The average Bonchev–Trinajstić information content (AvgIpc) is 2.79. The van der Waals surface area contributed by atoms with Crippen molar-refractivity contribution in [1.29, 1.82) is 0 Å². The van der Waals surface area contributed by atoms with Crippen LogP contribution in [0.2, 0.25) is 0 Å². The van der Waals surface area contributed by atoms with Crippen LogP contribution in [0.1, 0.15) is 57.7 Å². The third-order valence-electron chi connectivity index (χ3n) is 5.55. The molecule has 35 heavy (non-hydrogen) atoms. The monoisotopic (exact) mass is 494 g/mol. The molecule has 0 radical (unpaired) electrons. The number of unbranched alkanes of at least 4 members (excludes halogenated alkanes) is 1. The number of benzene rings is 1. The van der Waals surface area contributed by atoms with Gasteiger partial charge in [0.15, 0.2) is 5.82 Å². The SMILES string of the molecule is CCCCN(CC)c1cc(C)nc2c1NC(=O)CN2c1ccc(C(C)C)cc1.O=C(O)C(F)(F)F. The summed E-state index contributed by atoms with van der Waals surface area (Å²) < 4.78 is 31.7. The number of hydrogen-bond acceptors (Lipinski definition) is 5. The molecule has 1 aromatic heterocycles. The third kappa shape index (κ3) is 7.34. The number of nitrogens with one attached hydrogen (secondary N) is 1. The number of nitrogens with zero attached hydrogens (tertiary/aromatic N) is 3. The Morgan fingerprint density at radius 3 is 2.31 bits per heavy atom. The highest BCUT2D eigenvalue weighted by Gasteiger charge is 2.38. The van der Waals surface area contributed by atoms with Gasteiger partial charge in [0.25, 0.3) is 0 Å². The molecule has 0 saturated carbocycles. The van der Waals surface area contributed by atoms with Crippen LogP contribution in [0.5, 0.6) is 0 Å². The largest absolute Gasteiger partial charge is 0.490 e. The fraction of sp³-hybridized carbons (Fsp3) is 0.480. The van der Waals surface area contributed by atoms with Gasteiger partial charge in [0.1, 0.15) is 12.2 Å². The van der Waals surface area contributed by atoms with Crippen LogP contribution in [0.4, 0.5) is 36.1 Å². The number of fused-ring (bicyclic) bond motifs is 1. The number of pyridine rings is 1. The summed E-state index contributed by atoms with van der Waals surface area (Å²) in [5, 5.41) is 10.2. The maximum atomic E-state index is 12.5. The van der Waals surface area contributed by atoms with E-state index in [0.717, 1.165) is 54.5 Å². The Kier molecular flexibility index (Phi) is 9.50. The highest BCUT2D eigenvalue weighted by molar-refractivity contribution is 6.06. The molecule has 0 spiro atoms. The molecule has 2 heterocycles. The molecule has 10 heteroatoms. The first-order chi connectivity index (χ1) is 16.4. The van der Waals surface area contributed by atoms with Crippen LogP contribution in [0.15, 0.2) is 30.3 Å². The molecule has 0 bridgehead atoms. The second-order valence-corrected chi connectivity index (χ2v) is 8.60. The number of anilines is 4. The van der Waals surface area contributed by atoms with Crippen LogP contribution >= 0.6 is 0 Å². The molecule has 7 nitrogen and oxygen atoms in total. The lowest BCUT2D eigenvalue weighted by Gasteiger charge is -2.34. The number of aryl methyl sites for hydroxylation is 1. The topological polar surface area (TPSA) is 85.8 Å². The van der Waals surface area contributed by atoms with Crippen molar-refractivity contribution in [2.75, 3.05) is 34.8 Å². The molecular weight excluding hydrogens is 461 g/mol. The molecule has 1 aliphatic heterocycles. The van der Waals surface area contributed by atoms with E-state index in [9.17, 15) is 18.0 Å². The molecule has 0 unspecified atom stereocenters. The first-order valence-electron chi connectivity index (χ1n) is 11.6. The summed E-state index contributed by atoms with van der Waals surface area (Å²) in [6, 6.07) is 10.6. The Morgan fingerprint density at radius 1 is 1.23 bits per heavy atom. The van der Waals surface area contributed by atoms with Crippen LogP contribution in [0.25, 0.3) is 0 Å². The summed E-state index contributed by atoms with van der Waals surface area (Å²) in [7, 11) is 0. The maximum Gasteiger partial charge on any atom is 0.490 e. The van der Waals surface area contributed by atoms with Crippen molar-refractivity contribution in [1.82, 2.24) is 4.98 Å². The number of amides is 1. The van der Waals surface area contributed by atoms with E-state index in [1.807, 2.05) is 11.8 Å². The molecule has 1 aromatic carbocycles. The zero-order chi connectivity index (χ0) is 26.3. The van der Waals surface area contributed by atoms with Gasteiger partial charge in [-0.15, -0.1) is 0 Å². The van der Waals surface area contributed by atoms with E-state index < -0.39 is 12.1 Å². The smallest absolute Gasteiger partial charge is 0.475 e. The molecule has 3 rings (SSSR count). The summed E-state index contributed by atoms with van der Waals surface area (Å²) in [5.74, 6) is -1.44. The zero-order valence-corrected chi connectivity index (χ0v) is 20.7. The standard InChI is InChI=1S/C23H32N4O.C2HF3O2/c1-6-8-13-26(7-2)20-14-17(5)24-23-22(20)25-21(28)15-27(23)19-11-9-18(10-12-19)16(3)4;3-2(4,5)1(6)7/h9-12,14,16H,6-8,13,15H2,1-5H3,(H,25,28);(H,6,7). The van der Waals surface area contributed by atoms with Crippen LogP contribution < -0.4 is 15.1 Å². The predicted molar refractivity (Wildman–Crippen MR) is 132 cm³/mol. The van der Waals surface area contributed by atoms with Gasteiger partial charge in [-0.25, -0.2) is 9.78 Å². The molecule has 0 atom stereocenters. The summed E-state index contributed by atoms with van der Waals surface area (Å²) in [6.45, 7) is 12.9. The van der Waals surface area contributed by atoms with Gasteiger partial charge in [0.2, 0.25) is 5.91 Å². The summed E-state index contributed by atoms with van der Waals surface area (Å²) in [6.07, 6.45) is -2.82. The zero-order valence-electron chi connectivity index (χ0n) is 20.7. The second kappa shape index (κ2) is 11.9. The second-order valence-electron chi connectivity index (χ2n) is 8.60. The molecule has 192 valence electrons. The molecule has 1 amide bonds. The molecule has 0 fully saturated rings. The first-order valence-corrected chi connectivity index (χ1v) is 11.6. The van der Waals surface area contributed by atoms with Crippen molar-refractivity contribution in [2.24, 2.45) is 0 Å². The van der Waals surface area contributed by atoms with E-state index in [2.05, 4.69) is 68.2 Å². The molecule has 1 aliphatic rings. The van der Waals surface area contributed by atoms with Crippen molar-refractivity contribution >= 4 is 34.8 Å². The minimum Gasteiger partial charge on any atom is -0.475 e. The maximum absolute atomic E-state index is 12.5. The van der Waals surface area contributed by atoms with Gasteiger partial charge in [-0.1, -0.05) is 39.3 Å². The number of hydrogen-bond donors (Lipinski definition) is 2. The van der Waals surface area contributed by atoms with Gasteiger partial charge in [0, 0.05) is 24.5 Å². The van der Waals surface area contributed by atoms with Gasteiger partial charge in [-0.2, -0.15) is 13.2 Å². The van der Waals surface area contributed by atoms with Crippen molar-refractivity contribution in [3.05, 3.63) is 41.6 Å². The van der Waals surface area contributed by atoms with Crippen LogP contribution in [0.3, 0.4) is 0 Å². The highest BCUT2D eigenvalue weighted by Crippen LogP contribution is 2.40. The highest BCUT2D eigenvalue weighted by atomic mass is 19.4. The summed E-state index contributed by atoms with van der Waals surface area (Å²) in [4.78, 5) is 30.6. The van der Waals surface area contributed by atoms with Gasteiger partial charge in [-0.3, -0.25) is 4.79 Å². The first kappa shape index (κ1) is 27.9. The fourth-order valence-electron chi connectivity index (χ4n) is 3.65. The van der Waals surface area contributed by atoms with E-state index >= 15 is 0 Å². The van der Waals surface area contributed by atoms with Crippen molar-refractivity contribution in [2.45, 2.75) is 59.6 Å².